The van der Waals surface area contributed by atoms with E-state index in [0.29, 0.717) is 25.3 Å². The number of carbonyl (C=O) groups excluding carboxylic acids is 1. The van der Waals surface area contributed by atoms with Gasteiger partial charge in [-0.3, -0.25) is 14.2 Å². The molecule has 136 valence electrons. The maximum atomic E-state index is 13.0. The first-order chi connectivity index (χ1) is 11.8. The molecule has 1 unspecified atom stereocenters. The van der Waals surface area contributed by atoms with Crippen LogP contribution in [0.4, 0.5) is 0 Å². The summed E-state index contributed by atoms with van der Waals surface area (Å²) in [7, 11) is -3.32. The molecule has 0 saturated carbocycles. The number of aryl methyl sites for hydroxylation is 2. The van der Waals surface area contributed by atoms with E-state index in [-0.39, 0.29) is 18.5 Å². The van der Waals surface area contributed by atoms with E-state index in [1.807, 2.05) is 19.9 Å². The molecule has 3 rings (SSSR count). The molecule has 25 heavy (non-hydrogen) atoms. The number of hydrogen-bond donors (Lipinski definition) is 1. The fraction of sp³-hybridized carbons (Fsp3) is 0.533. The molecular formula is C15H22N6O3S. The Bertz CT molecular complexity index is 885. The molecule has 9 nitrogen and oxygen atoms in total. The van der Waals surface area contributed by atoms with Crippen LogP contribution in [0.3, 0.4) is 0 Å². The van der Waals surface area contributed by atoms with Crippen molar-refractivity contribution in [1.29, 1.82) is 0 Å². The standard InChI is InChI=1S/C15H22N6O3S/c1-4-20-14(7-11(2)18-20)15(22)19-9-12-5-6-16-21(12)13(10-19)8-17-25(3,23)24/h5-7,13,17H,4,8-10H2,1-3H3. The lowest BCUT2D eigenvalue weighted by atomic mass is 10.1. The van der Waals surface area contributed by atoms with Crippen molar-refractivity contribution in [2.24, 2.45) is 0 Å². The minimum Gasteiger partial charge on any atom is -0.329 e. The minimum atomic E-state index is -3.32. The van der Waals surface area contributed by atoms with Gasteiger partial charge in [-0.05, 0) is 26.0 Å². The highest BCUT2D eigenvalue weighted by atomic mass is 32.2. The summed E-state index contributed by atoms with van der Waals surface area (Å²) in [6.07, 6.45) is 2.78. The van der Waals surface area contributed by atoms with E-state index in [2.05, 4.69) is 14.9 Å². The molecule has 0 radical (unpaired) electrons. The van der Waals surface area contributed by atoms with Gasteiger partial charge >= 0.3 is 0 Å². The maximum Gasteiger partial charge on any atom is 0.272 e. The smallest absolute Gasteiger partial charge is 0.272 e. The summed E-state index contributed by atoms with van der Waals surface area (Å²) in [6.45, 7) is 5.40. The third-order valence-electron chi connectivity index (χ3n) is 4.17. The molecule has 0 saturated heterocycles. The first kappa shape index (κ1) is 17.6. The summed E-state index contributed by atoms with van der Waals surface area (Å²) in [6, 6.07) is 3.37. The molecule has 0 fully saturated rings. The first-order valence-corrected chi connectivity index (χ1v) is 9.98. The van der Waals surface area contributed by atoms with Gasteiger partial charge in [0.1, 0.15) is 5.69 Å². The average Bonchev–Trinajstić information content (AvgIpc) is 3.16. The highest BCUT2D eigenvalue weighted by Gasteiger charge is 2.30. The van der Waals surface area contributed by atoms with E-state index in [1.165, 1.54) is 0 Å². The second kappa shape index (κ2) is 6.60. The monoisotopic (exact) mass is 366 g/mol. The molecule has 0 spiro atoms. The van der Waals surface area contributed by atoms with Crippen LogP contribution in [0.25, 0.3) is 0 Å². The van der Waals surface area contributed by atoms with Gasteiger partial charge < -0.3 is 4.90 Å². The molecule has 1 atom stereocenters. The van der Waals surface area contributed by atoms with Crippen LogP contribution in [0.1, 0.15) is 34.8 Å². The molecule has 2 aromatic rings. The lowest BCUT2D eigenvalue weighted by molar-refractivity contribution is 0.0659. The maximum absolute atomic E-state index is 13.0. The second-order valence-electron chi connectivity index (χ2n) is 6.21. The fourth-order valence-corrected chi connectivity index (χ4v) is 3.56. The van der Waals surface area contributed by atoms with E-state index < -0.39 is 10.0 Å². The van der Waals surface area contributed by atoms with Crippen LogP contribution in [0.5, 0.6) is 0 Å². The van der Waals surface area contributed by atoms with Crippen LogP contribution in [-0.2, 0) is 23.1 Å². The highest BCUT2D eigenvalue weighted by Crippen LogP contribution is 2.22. The molecule has 0 aromatic carbocycles. The highest BCUT2D eigenvalue weighted by molar-refractivity contribution is 7.88. The molecule has 1 aliphatic heterocycles. The molecule has 1 aliphatic rings. The summed E-state index contributed by atoms with van der Waals surface area (Å²) in [5.74, 6) is -0.112. The largest absolute Gasteiger partial charge is 0.329 e. The van der Waals surface area contributed by atoms with Crippen molar-refractivity contribution in [3.05, 3.63) is 35.4 Å². The van der Waals surface area contributed by atoms with Crippen LogP contribution in [0, 0.1) is 6.92 Å². The number of aromatic nitrogens is 4. The summed E-state index contributed by atoms with van der Waals surface area (Å²) >= 11 is 0. The predicted octanol–water partition coefficient (Wildman–Crippen LogP) is 0.154. The van der Waals surface area contributed by atoms with Gasteiger partial charge in [0.25, 0.3) is 5.91 Å². The van der Waals surface area contributed by atoms with Crippen molar-refractivity contribution in [2.75, 3.05) is 19.3 Å². The molecule has 2 aromatic heterocycles. The van der Waals surface area contributed by atoms with Crippen LogP contribution in [-0.4, -0.2) is 58.1 Å². The summed E-state index contributed by atoms with van der Waals surface area (Å²) in [4.78, 5) is 14.7. The number of hydrogen-bond acceptors (Lipinski definition) is 5. The number of carbonyl (C=O) groups is 1. The van der Waals surface area contributed by atoms with Crippen molar-refractivity contribution >= 4 is 15.9 Å². The zero-order chi connectivity index (χ0) is 18.2. The molecule has 0 bridgehead atoms. The fourth-order valence-electron chi connectivity index (χ4n) is 3.06. The molecule has 3 heterocycles. The average molecular weight is 366 g/mol. The van der Waals surface area contributed by atoms with Gasteiger partial charge in [-0.1, -0.05) is 0 Å². The van der Waals surface area contributed by atoms with Crippen molar-refractivity contribution in [3.8, 4) is 0 Å². The SMILES string of the molecule is CCn1nc(C)cc1C(=O)N1Cc2ccnn2C(CNS(C)(=O)=O)C1. The number of nitrogens with one attached hydrogen (secondary N) is 1. The Morgan fingerprint density at radius 2 is 2.20 bits per heavy atom. The van der Waals surface area contributed by atoms with Crippen molar-refractivity contribution in [3.63, 3.8) is 0 Å². The molecular weight excluding hydrogens is 344 g/mol. The molecule has 1 amide bonds. The van der Waals surface area contributed by atoms with Gasteiger partial charge in [0, 0.05) is 25.8 Å². The van der Waals surface area contributed by atoms with Crippen molar-refractivity contribution in [1.82, 2.24) is 29.2 Å². The van der Waals surface area contributed by atoms with Gasteiger partial charge in [-0.2, -0.15) is 10.2 Å². The lowest BCUT2D eigenvalue weighted by Gasteiger charge is -2.34. The Kier molecular flexibility index (Phi) is 4.65. The summed E-state index contributed by atoms with van der Waals surface area (Å²) in [5, 5.41) is 8.60. The van der Waals surface area contributed by atoms with Crippen molar-refractivity contribution < 1.29 is 13.2 Å². The zero-order valence-corrected chi connectivity index (χ0v) is 15.3. The summed E-state index contributed by atoms with van der Waals surface area (Å²) in [5.41, 5.74) is 2.21. The van der Waals surface area contributed by atoms with E-state index in [1.54, 1.807) is 26.5 Å². The second-order valence-corrected chi connectivity index (χ2v) is 8.05. The Morgan fingerprint density at radius 3 is 2.88 bits per heavy atom. The minimum absolute atomic E-state index is 0.112. The molecule has 10 heteroatoms. The lowest BCUT2D eigenvalue weighted by Crippen LogP contribution is -2.45. The van der Waals surface area contributed by atoms with E-state index in [0.717, 1.165) is 17.6 Å². The number of amides is 1. The van der Waals surface area contributed by atoms with Gasteiger partial charge in [0.05, 0.1) is 30.2 Å². The van der Waals surface area contributed by atoms with Gasteiger partial charge in [0.2, 0.25) is 10.0 Å². The Labute approximate surface area is 146 Å². The third kappa shape index (κ3) is 3.74. The quantitative estimate of drug-likeness (QED) is 0.812. The van der Waals surface area contributed by atoms with Crippen LogP contribution < -0.4 is 4.72 Å². The first-order valence-electron chi connectivity index (χ1n) is 8.09. The number of sulfonamides is 1. The van der Waals surface area contributed by atoms with Crippen LogP contribution in [0.2, 0.25) is 0 Å². The Morgan fingerprint density at radius 1 is 1.44 bits per heavy atom. The van der Waals surface area contributed by atoms with Gasteiger partial charge in [-0.25, -0.2) is 13.1 Å². The van der Waals surface area contributed by atoms with Crippen LogP contribution >= 0.6 is 0 Å². The molecule has 0 aliphatic carbocycles. The van der Waals surface area contributed by atoms with Crippen molar-refractivity contribution in [2.45, 2.75) is 33.0 Å². The number of rotatable bonds is 5. The number of nitrogens with zero attached hydrogens (tertiary/aromatic N) is 5. The normalized spacial score (nSPS) is 17.6. The summed E-state index contributed by atoms with van der Waals surface area (Å²) < 4.78 is 28.8. The van der Waals surface area contributed by atoms with E-state index in [9.17, 15) is 13.2 Å². The third-order valence-corrected chi connectivity index (χ3v) is 4.86. The Hall–Kier alpha value is -2.20. The van der Waals surface area contributed by atoms with Gasteiger partial charge in [0.15, 0.2) is 0 Å². The Balaban J connectivity index is 1.85. The van der Waals surface area contributed by atoms with Crippen LogP contribution in [0.15, 0.2) is 18.3 Å². The van der Waals surface area contributed by atoms with Gasteiger partial charge in [-0.15, -0.1) is 0 Å². The topological polar surface area (TPSA) is 102 Å². The zero-order valence-electron chi connectivity index (χ0n) is 14.5. The molecule has 1 N–H and O–H groups in total. The van der Waals surface area contributed by atoms with E-state index in [4.69, 9.17) is 0 Å². The van der Waals surface area contributed by atoms with E-state index >= 15 is 0 Å². The predicted molar refractivity (Wildman–Crippen MR) is 91.5 cm³/mol. The number of fused-ring (bicyclic) bond motifs is 1.